The minimum atomic E-state index is -0.545. The van der Waals surface area contributed by atoms with Gasteiger partial charge in [0, 0.05) is 6.20 Å². The quantitative estimate of drug-likeness (QED) is 0.738. The van der Waals surface area contributed by atoms with Gasteiger partial charge in [0.15, 0.2) is 5.82 Å². The molecule has 7 nitrogen and oxygen atoms in total. The van der Waals surface area contributed by atoms with Crippen LogP contribution in [-0.4, -0.2) is 37.5 Å². The molecule has 0 fully saturated rings. The van der Waals surface area contributed by atoms with Gasteiger partial charge in [-0.2, -0.15) is 5.10 Å². The second kappa shape index (κ2) is 5.58. The monoisotopic (exact) mass is 283 g/mol. The normalized spacial score (nSPS) is 10.5. The number of benzene rings is 1. The molecule has 0 aliphatic carbocycles. The lowest BCUT2D eigenvalue weighted by Gasteiger charge is -2.03. The van der Waals surface area contributed by atoms with Crippen molar-refractivity contribution < 1.29 is 9.53 Å². The highest BCUT2D eigenvalue weighted by atomic mass is 16.5. The van der Waals surface area contributed by atoms with Crippen LogP contribution in [0.3, 0.4) is 0 Å². The Balaban J connectivity index is 2.11. The van der Waals surface area contributed by atoms with Crippen molar-refractivity contribution >= 4 is 5.97 Å². The predicted octanol–water partition coefficient (Wildman–Crippen LogP) is 1.83. The summed E-state index contributed by atoms with van der Waals surface area (Å²) in [5.74, 6) is 0.00633. The maximum atomic E-state index is 11.8. The number of para-hydroxylation sites is 1. The highest BCUT2D eigenvalue weighted by Crippen LogP contribution is 2.20. The Morgan fingerprint density at radius 3 is 2.81 bits per heavy atom. The predicted molar refractivity (Wildman–Crippen MR) is 74.9 cm³/mol. The summed E-state index contributed by atoms with van der Waals surface area (Å²) in [7, 11) is 0. The summed E-state index contributed by atoms with van der Waals surface area (Å²) in [6.07, 6.45) is 3.32. The third-order valence-electron chi connectivity index (χ3n) is 2.82. The molecule has 0 spiro atoms. The van der Waals surface area contributed by atoms with Crippen LogP contribution in [0.4, 0.5) is 0 Å². The summed E-state index contributed by atoms with van der Waals surface area (Å²) in [6.45, 7) is 2.02. The van der Waals surface area contributed by atoms with Gasteiger partial charge >= 0.3 is 5.97 Å². The van der Waals surface area contributed by atoms with Gasteiger partial charge in [0.1, 0.15) is 0 Å². The second-order valence-electron chi connectivity index (χ2n) is 4.21. The summed E-state index contributed by atoms with van der Waals surface area (Å²) >= 11 is 0. The van der Waals surface area contributed by atoms with E-state index >= 15 is 0 Å². The number of H-pyrrole nitrogens is 1. The first-order chi connectivity index (χ1) is 10.3. The summed E-state index contributed by atoms with van der Waals surface area (Å²) < 4.78 is 6.54. The molecule has 0 aliphatic rings. The molecule has 0 radical (unpaired) electrons. The fourth-order valence-electron chi connectivity index (χ4n) is 1.90. The maximum Gasteiger partial charge on any atom is 0.378 e. The largest absolute Gasteiger partial charge is 0.460 e. The van der Waals surface area contributed by atoms with Crippen LogP contribution in [0.25, 0.3) is 17.1 Å². The van der Waals surface area contributed by atoms with Gasteiger partial charge in [0.2, 0.25) is 0 Å². The van der Waals surface area contributed by atoms with E-state index in [2.05, 4.69) is 20.3 Å². The molecule has 0 saturated carbocycles. The van der Waals surface area contributed by atoms with Crippen LogP contribution in [0, 0.1) is 0 Å². The van der Waals surface area contributed by atoms with E-state index in [-0.39, 0.29) is 12.4 Å². The Morgan fingerprint density at radius 2 is 2.14 bits per heavy atom. The van der Waals surface area contributed by atoms with E-state index in [1.165, 1.54) is 0 Å². The van der Waals surface area contributed by atoms with E-state index in [9.17, 15) is 4.79 Å². The molecule has 2 heterocycles. The lowest BCUT2D eigenvalue weighted by molar-refractivity contribution is 0.0512. The minimum Gasteiger partial charge on any atom is -0.460 e. The molecule has 3 rings (SSSR count). The Labute approximate surface area is 120 Å². The van der Waals surface area contributed by atoms with Crippen LogP contribution in [0.1, 0.15) is 17.5 Å². The van der Waals surface area contributed by atoms with E-state index in [1.807, 2.05) is 30.3 Å². The first-order valence-electron chi connectivity index (χ1n) is 6.48. The zero-order valence-electron chi connectivity index (χ0n) is 11.4. The van der Waals surface area contributed by atoms with Gasteiger partial charge in [-0.1, -0.05) is 18.2 Å². The van der Waals surface area contributed by atoms with E-state index in [0.29, 0.717) is 5.82 Å². The first kappa shape index (κ1) is 13.0. The summed E-state index contributed by atoms with van der Waals surface area (Å²) in [4.78, 5) is 16.1. The summed E-state index contributed by atoms with van der Waals surface area (Å²) in [5, 5.41) is 10.9. The van der Waals surface area contributed by atoms with E-state index < -0.39 is 5.97 Å². The topological polar surface area (TPSA) is 85.7 Å². The third-order valence-corrected chi connectivity index (χ3v) is 2.82. The van der Waals surface area contributed by atoms with Crippen molar-refractivity contribution in [2.75, 3.05) is 6.61 Å². The van der Waals surface area contributed by atoms with E-state index in [4.69, 9.17) is 4.74 Å². The van der Waals surface area contributed by atoms with Crippen molar-refractivity contribution in [2.24, 2.45) is 0 Å². The van der Waals surface area contributed by atoms with Crippen LogP contribution in [0.15, 0.2) is 42.7 Å². The molecule has 0 amide bonds. The molecular formula is C14H13N5O2. The number of aromatic amines is 1. The molecule has 0 aliphatic heterocycles. The third kappa shape index (κ3) is 2.53. The van der Waals surface area contributed by atoms with Crippen LogP contribution in [-0.2, 0) is 4.74 Å². The summed E-state index contributed by atoms with van der Waals surface area (Å²) in [6, 6.07) is 9.45. The molecule has 0 atom stereocenters. The average Bonchev–Trinajstić information content (AvgIpc) is 3.17. The van der Waals surface area contributed by atoms with Crippen molar-refractivity contribution in [3.05, 3.63) is 48.5 Å². The highest BCUT2D eigenvalue weighted by molar-refractivity contribution is 5.85. The van der Waals surface area contributed by atoms with Crippen molar-refractivity contribution in [1.29, 1.82) is 0 Å². The minimum absolute atomic E-state index is 0.0249. The molecule has 1 aromatic carbocycles. The van der Waals surface area contributed by atoms with Gasteiger partial charge in [-0.05, 0) is 19.1 Å². The molecule has 0 bridgehead atoms. The number of carbonyl (C=O) groups excluding carboxylic acids is 1. The molecule has 106 valence electrons. The molecule has 21 heavy (non-hydrogen) atoms. The zero-order chi connectivity index (χ0) is 14.7. The van der Waals surface area contributed by atoms with Gasteiger partial charge in [-0.3, -0.25) is 5.10 Å². The van der Waals surface area contributed by atoms with E-state index in [0.717, 1.165) is 11.3 Å². The molecule has 1 N–H and O–H groups in total. The van der Waals surface area contributed by atoms with Crippen molar-refractivity contribution in [3.8, 4) is 17.1 Å². The molecule has 0 unspecified atom stereocenters. The number of hydrogen-bond acceptors (Lipinski definition) is 5. The number of nitrogens with one attached hydrogen (secondary N) is 1. The first-order valence-corrected chi connectivity index (χ1v) is 6.48. The Hall–Kier alpha value is -2.96. The molecular weight excluding hydrogens is 270 g/mol. The number of ether oxygens (including phenoxy) is 1. The van der Waals surface area contributed by atoms with Gasteiger partial charge in [-0.15, -0.1) is 5.10 Å². The number of carbonyl (C=O) groups is 1. The van der Waals surface area contributed by atoms with Crippen LogP contribution in [0.2, 0.25) is 0 Å². The van der Waals surface area contributed by atoms with Crippen molar-refractivity contribution in [2.45, 2.75) is 6.92 Å². The van der Waals surface area contributed by atoms with Crippen molar-refractivity contribution in [1.82, 2.24) is 25.0 Å². The Bertz CT molecular complexity index is 734. The lowest BCUT2D eigenvalue weighted by atomic mass is 10.3. The second-order valence-corrected chi connectivity index (χ2v) is 4.21. The molecule has 0 saturated heterocycles. The fraction of sp³-hybridized carbons (Fsp3) is 0.143. The van der Waals surface area contributed by atoms with Crippen LogP contribution >= 0.6 is 0 Å². The van der Waals surface area contributed by atoms with Gasteiger partial charge in [0.05, 0.1) is 24.1 Å². The smallest absolute Gasteiger partial charge is 0.378 e. The van der Waals surface area contributed by atoms with Gasteiger partial charge < -0.3 is 4.74 Å². The van der Waals surface area contributed by atoms with Gasteiger partial charge in [0.25, 0.3) is 5.82 Å². The standard InChI is InChI=1S/C14H13N5O2/c1-2-21-14(20)12-17-13(10-8-15-16-9-10)19(18-12)11-6-4-3-5-7-11/h3-9H,2H2,1H3,(H,15,16). The average molecular weight is 283 g/mol. The number of esters is 1. The zero-order valence-corrected chi connectivity index (χ0v) is 11.4. The molecule has 3 aromatic rings. The van der Waals surface area contributed by atoms with Crippen LogP contribution in [0.5, 0.6) is 0 Å². The SMILES string of the molecule is CCOC(=O)c1nc(-c2cn[nH]c2)n(-c2ccccc2)n1. The Kier molecular flexibility index (Phi) is 3.46. The Morgan fingerprint density at radius 1 is 1.33 bits per heavy atom. The lowest BCUT2D eigenvalue weighted by Crippen LogP contribution is -2.07. The van der Waals surface area contributed by atoms with Gasteiger partial charge in [-0.25, -0.2) is 14.5 Å². The highest BCUT2D eigenvalue weighted by Gasteiger charge is 2.19. The molecule has 7 heteroatoms. The number of hydrogen-bond donors (Lipinski definition) is 1. The fourth-order valence-corrected chi connectivity index (χ4v) is 1.90. The van der Waals surface area contributed by atoms with Crippen LogP contribution < -0.4 is 0 Å². The van der Waals surface area contributed by atoms with Crippen molar-refractivity contribution in [3.63, 3.8) is 0 Å². The maximum absolute atomic E-state index is 11.8. The van der Waals surface area contributed by atoms with E-state index in [1.54, 1.807) is 24.0 Å². The molecule has 2 aromatic heterocycles. The number of aromatic nitrogens is 5. The number of rotatable bonds is 4. The number of nitrogens with zero attached hydrogens (tertiary/aromatic N) is 4. The summed E-state index contributed by atoms with van der Waals surface area (Å²) in [5.41, 5.74) is 1.54.